The minimum atomic E-state index is -0.324. The van der Waals surface area contributed by atoms with E-state index in [-0.39, 0.29) is 11.9 Å². The second-order valence-electron chi connectivity index (χ2n) is 5.57. The summed E-state index contributed by atoms with van der Waals surface area (Å²) in [5, 5.41) is 3.57. The summed E-state index contributed by atoms with van der Waals surface area (Å²) in [7, 11) is 2.06. The van der Waals surface area contributed by atoms with Gasteiger partial charge in [0.05, 0.1) is 12.2 Å². The highest BCUT2D eigenvalue weighted by atomic mass is 32.1. The molecule has 0 bridgehead atoms. The average molecular weight is 324 g/mol. The monoisotopic (exact) mass is 324 g/mol. The molecule has 2 heterocycles. The molecule has 1 N–H and O–H groups in total. The molecule has 0 aliphatic carbocycles. The quantitative estimate of drug-likeness (QED) is 0.817. The van der Waals surface area contributed by atoms with Crippen LogP contribution in [-0.4, -0.2) is 37.0 Å². The molecule has 1 amide bonds. The molecule has 0 saturated carbocycles. The lowest BCUT2D eigenvalue weighted by Crippen LogP contribution is -2.26. The number of nitrogens with zero attached hydrogens (tertiary/aromatic N) is 1. The van der Waals surface area contributed by atoms with Gasteiger partial charge in [0.2, 0.25) is 5.91 Å². The van der Waals surface area contributed by atoms with Gasteiger partial charge in [-0.2, -0.15) is 0 Å². The highest BCUT2D eigenvalue weighted by molar-refractivity contribution is 7.17. The summed E-state index contributed by atoms with van der Waals surface area (Å²) in [5.41, 5.74) is 1.62. The highest BCUT2D eigenvalue weighted by Crippen LogP contribution is 2.37. The van der Waals surface area contributed by atoms with Gasteiger partial charge in [0.1, 0.15) is 5.00 Å². The van der Waals surface area contributed by atoms with Gasteiger partial charge < -0.3 is 15.0 Å². The average Bonchev–Trinajstić information content (AvgIpc) is 2.82. The summed E-state index contributed by atoms with van der Waals surface area (Å²) in [6, 6.07) is 0. The largest absolute Gasteiger partial charge is 0.462 e. The van der Waals surface area contributed by atoms with Gasteiger partial charge >= 0.3 is 5.97 Å². The lowest BCUT2D eigenvalue weighted by molar-refractivity contribution is -0.116. The summed E-state index contributed by atoms with van der Waals surface area (Å²) in [6.45, 7) is 5.92. The zero-order valence-electron chi connectivity index (χ0n) is 13.5. The summed E-state index contributed by atoms with van der Waals surface area (Å²) >= 11 is 1.51. The summed E-state index contributed by atoms with van der Waals surface area (Å²) in [6.07, 6.45) is 3.14. The van der Waals surface area contributed by atoms with Crippen LogP contribution in [0.1, 0.15) is 53.9 Å². The minimum Gasteiger partial charge on any atom is -0.462 e. The standard InChI is InChI=1S/C16H24N2O3S/c1-4-6-7-13(19)17-15-14(16(20)21-5-2)11-8-9-18(3)10-12(11)22-15/h4-10H2,1-3H3,(H,17,19). The Balaban J connectivity index is 2.27. The van der Waals surface area contributed by atoms with E-state index in [9.17, 15) is 9.59 Å². The molecule has 0 spiro atoms. The van der Waals surface area contributed by atoms with Crippen molar-refractivity contribution in [3.63, 3.8) is 0 Å². The van der Waals surface area contributed by atoms with Crippen molar-refractivity contribution in [2.75, 3.05) is 25.5 Å². The Bertz CT molecular complexity index is 554. The number of hydrogen-bond donors (Lipinski definition) is 1. The number of fused-ring (bicyclic) bond motifs is 1. The van der Waals surface area contributed by atoms with E-state index in [1.807, 2.05) is 0 Å². The van der Waals surface area contributed by atoms with Gasteiger partial charge in [0.15, 0.2) is 0 Å². The first-order valence-electron chi connectivity index (χ1n) is 7.86. The van der Waals surface area contributed by atoms with Crippen LogP contribution in [0.4, 0.5) is 5.00 Å². The first kappa shape index (κ1) is 17.0. The van der Waals surface area contributed by atoms with E-state index in [0.717, 1.165) is 42.8 Å². The topological polar surface area (TPSA) is 58.6 Å². The van der Waals surface area contributed by atoms with E-state index in [2.05, 4.69) is 24.2 Å². The Morgan fingerprint density at radius 2 is 2.14 bits per heavy atom. The molecule has 0 saturated heterocycles. The first-order chi connectivity index (χ1) is 10.6. The molecule has 1 aromatic heterocycles. The number of esters is 1. The SMILES string of the molecule is CCCCC(=O)Nc1sc2c(c1C(=O)OCC)CCN(C)C2. The normalized spacial score (nSPS) is 14.5. The number of carbonyl (C=O) groups is 2. The summed E-state index contributed by atoms with van der Waals surface area (Å²) < 4.78 is 5.19. The molecule has 0 aromatic carbocycles. The molecule has 1 aromatic rings. The Morgan fingerprint density at radius 1 is 1.36 bits per heavy atom. The van der Waals surface area contributed by atoms with E-state index in [0.29, 0.717) is 23.6 Å². The number of unbranched alkanes of at least 4 members (excludes halogenated alkanes) is 1. The van der Waals surface area contributed by atoms with E-state index in [4.69, 9.17) is 4.74 Å². The number of amides is 1. The molecular weight excluding hydrogens is 300 g/mol. The molecule has 0 radical (unpaired) electrons. The van der Waals surface area contributed by atoms with Crippen molar-refractivity contribution in [1.82, 2.24) is 4.90 Å². The van der Waals surface area contributed by atoms with Crippen LogP contribution in [0, 0.1) is 0 Å². The van der Waals surface area contributed by atoms with E-state index in [1.165, 1.54) is 11.3 Å². The van der Waals surface area contributed by atoms with Crippen molar-refractivity contribution in [2.24, 2.45) is 0 Å². The third-order valence-electron chi connectivity index (χ3n) is 3.74. The van der Waals surface area contributed by atoms with Crippen molar-refractivity contribution < 1.29 is 14.3 Å². The van der Waals surface area contributed by atoms with Gasteiger partial charge in [-0.25, -0.2) is 4.79 Å². The van der Waals surface area contributed by atoms with Crippen LogP contribution in [0.3, 0.4) is 0 Å². The maximum Gasteiger partial charge on any atom is 0.341 e. The molecule has 122 valence electrons. The number of ether oxygens (including phenoxy) is 1. The lowest BCUT2D eigenvalue weighted by Gasteiger charge is -2.22. The Hall–Kier alpha value is -1.40. The number of likely N-dealkylation sites (N-methyl/N-ethyl adjacent to an activating group) is 1. The van der Waals surface area contributed by atoms with E-state index in [1.54, 1.807) is 6.92 Å². The van der Waals surface area contributed by atoms with Crippen LogP contribution in [0.25, 0.3) is 0 Å². The van der Waals surface area contributed by atoms with Crippen LogP contribution >= 0.6 is 11.3 Å². The first-order valence-corrected chi connectivity index (χ1v) is 8.68. The van der Waals surface area contributed by atoms with Crippen molar-refractivity contribution in [1.29, 1.82) is 0 Å². The number of hydrogen-bond acceptors (Lipinski definition) is 5. The molecule has 1 aliphatic heterocycles. The van der Waals surface area contributed by atoms with Crippen molar-refractivity contribution >= 4 is 28.2 Å². The van der Waals surface area contributed by atoms with Crippen molar-refractivity contribution in [3.05, 3.63) is 16.0 Å². The predicted molar refractivity (Wildman–Crippen MR) is 88.5 cm³/mol. The van der Waals surface area contributed by atoms with Gasteiger partial charge in [-0.05, 0) is 32.4 Å². The number of carbonyl (C=O) groups excluding carboxylic acids is 2. The molecular formula is C16H24N2O3S. The fraction of sp³-hybridized carbons (Fsp3) is 0.625. The fourth-order valence-corrected chi connectivity index (χ4v) is 3.90. The third kappa shape index (κ3) is 3.87. The molecule has 5 nitrogen and oxygen atoms in total. The van der Waals surface area contributed by atoms with Gasteiger partial charge in [0, 0.05) is 24.4 Å². The van der Waals surface area contributed by atoms with Crippen LogP contribution in [-0.2, 0) is 22.5 Å². The maximum absolute atomic E-state index is 12.3. The molecule has 1 aliphatic rings. The Kier molecular flexibility index (Phi) is 5.97. The van der Waals surface area contributed by atoms with Gasteiger partial charge in [-0.3, -0.25) is 4.79 Å². The number of nitrogens with one attached hydrogen (secondary N) is 1. The van der Waals surface area contributed by atoms with Gasteiger partial charge in [-0.1, -0.05) is 13.3 Å². The molecule has 0 atom stereocenters. The Labute approximate surface area is 135 Å². The van der Waals surface area contributed by atoms with Gasteiger partial charge in [-0.15, -0.1) is 11.3 Å². The maximum atomic E-state index is 12.3. The zero-order valence-corrected chi connectivity index (χ0v) is 14.3. The van der Waals surface area contributed by atoms with Crippen molar-refractivity contribution in [3.8, 4) is 0 Å². The Morgan fingerprint density at radius 3 is 2.82 bits per heavy atom. The molecule has 22 heavy (non-hydrogen) atoms. The third-order valence-corrected chi connectivity index (χ3v) is 4.87. The molecule has 0 unspecified atom stereocenters. The van der Waals surface area contributed by atoms with E-state index < -0.39 is 0 Å². The van der Waals surface area contributed by atoms with Gasteiger partial charge in [0.25, 0.3) is 0 Å². The molecule has 0 fully saturated rings. The summed E-state index contributed by atoms with van der Waals surface area (Å²) in [5.74, 6) is -0.352. The van der Waals surface area contributed by atoms with Crippen molar-refractivity contribution in [2.45, 2.75) is 46.1 Å². The number of thiophene rings is 1. The van der Waals surface area contributed by atoms with Crippen LogP contribution in [0.5, 0.6) is 0 Å². The highest BCUT2D eigenvalue weighted by Gasteiger charge is 2.28. The second-order valence-corrected chi connectivity index (χ2v) is 6.67. The fourth-order valence-electron chi connectivity index (χ4n) is 2.56. The van der Waals surface area contributed by atoms with Crippen LogP contribution in [0.15, 0.2) is 0 Å². The zero-order chi connectivity index (χ0) is 16.1. The van der Waals surface area contributed by atoms with Crippen LogP contribution in [0.2, 0.25) is 0 Å². The van der Waals surface area contributed by atoms with Crippen LogP contribution < -0.4 is 5.32 Å². The second kappa shape index (κ2) is 7.74. The number of rotatable bonds is 6. The minimum absolute atomic E-state index is 0.0284. The number of anilines is 1. The predicted octanol–water partition coefficient (Wildman–Crippen LogP) is 3.04. The van der Waals surface area contributed by atoms with E-state index >= 15 is 0 Å². The molecule has 6 heteroatoms. The summed E-state index contributed by atoms with van der Waals surface area (Å²) in [4.78, 5) is 27.7. The molecule has 2 rings (SSSR count). The smallest absolute Gasteiger partial charge is 0.341 e. The lowest BCUT2D eigenvalue weighted by atomic mass is 10.0.